The minimum Gasteiger partial charge on any atom is -0.487 e. The lowest BCUT2D eigenvalue weighted by atomic mass is 10.1. The van der Waals surface area contributed by atoms with Gasteiger partial charge in [0.05, 0.1) is 7.11 Å². The molecular formula is C10H13NOS. The molecule has 1 aromatic rings. The van der Waals surface area contributed by atoms with Gasteiger partial charge in [-0.25, -0.2) is 0 Å². The van der Waals surface area contributed by atoms with Gasteiger partial charge in [-0.2, -0.15) is 0 Å². The number of methoxy groups -OCH3 is 1. The van der Waals surface area contributed by atoms with Gasteiger partial charge in [0.15, 0.2) is 5.06 Å². The van der Waals surface area contributed by atoms with Crippen molar-refractivity contribution in [1.29, 1.82) is 0 Å². The summed E-state index contributed by atoms with van der Waals surface area (Å²) in [6.45, 7) is 2.08. The Morgan fingerprint density at radius 3 is 3.00 bits per heavy atom. The summed E-state index contributed by atoms with van der Waals surface area (Å²) in [6.07, 6.45) is 3.39. The maximum absolute atomic E-state index is 5.16. The van der Waals surface area contributed by atoms with Gasteiger partial charge in [-0.15, -0.1) is 0 Å². The molecule has 0 saturated heterocycles. The van der Waals surface area contributed by atoms with Gasteiger partial charge in [-0.1, -0.05) is 17.4 Å². The normalized spacial score (nSPS) is 16.8. The zero-order chi connectivity index (χ0) is 9.10. The first-order valence-electron chi connectivity index (χ1n) is 4.44. The van der Waals surface area contributed by atoms with E-state index in [4.69, 9.17) is 4.74 Å². The van der Waals surface area contributed by atoms with Crippen LogP contribution in [0.4, 0.5) is 0 Å². The molecule has 0 atom stereocenters. The van der Waals surface area contributed by atoms with Crippen molar-refractivity contribution in [2.24, 2.45) is 0 Å². The third-order valence-corrected chi connectivity index (χ3v) is 3.29. The zero-order valence-electron chi connectivity index (χ0n) is 7.67. The highest BCUT2D eigenvalue weighted by atomic mass is 32.1. The first-order chi connectivity index (χ1) is 6.40. The Labute approximate surface area is 82.2 Å². The number of ether oxygens (including phenoxy) is 1. The molecule has 0 aromatic carbocycles. The smallest absolute Gasteiger partial charge is 0.173 e. The SMILES string of the molecule is COc1ccc(C2=CCNCC2)s1. The maximum atomic E-state index is 5.16. The fourth-order valence-electron chi connectivity index (χ4n) is 1.45. The molecule has 1 N–H and O–H groups in total. The summed E-state index contributed by atoms with van der Waals surface area (Å²) >= 11 is 1.72. The third kappa shape index (κ3) is 1.92. The van der Waals surface area contributed by atoms with Crippen molar-refractivity contribution in [3.8, 4) is 5.06 Å². The van der Waals surface area contributed by atoms with E-state index in [0.29, 0.717) is 0 Å². The standard InChI is InChI=1S/C10H13NOS/c1-12-10-3-2-9(13-10)8-4-6-11-7-5-8/h2-4,11H,5-7H2,1H3. The number of hydrogen-bond acceptors (Lipinski definition) is 3. The summed E-state index contributed by atoms with van der Waals surface area (Å²) in [5.74, 6) is 0. The average Bonchev–Trinajstić information content (AvgIpc) is 2.67. The fourth-order valence-corrected chi connectivity index (χ4v) is 2.34. The van der Waals surface area contributed by atoms with Gasteiger partial charge in [0.1, 0.15) is 0 Å². The summed E-state index contributed by atoms with van der Waals surface area (Å²) in [4.78, 5) is 1.35. The van der Waals surface area contributed by atoms with Crippen molar-refractivity contribution in [3.63, 3.8) is 0 Å². The van der Waals surface area contributed by atoms with Gasteiger partial charge in [-0.3, -0.25) is 0 Å². The number of rotatable bonds is 2. The van der Waals surface area contributed by atoms with Gasteiger partial charge < -0.3 is 10.1 Å². The molecule has 1 aliphatic heterocycles. The molecule has 0 unspecified atom stereocenters. The van der Waals surface area contributed by atoms with E-state index >= 15 is 0 Å². The van der Waals surface area contributed by atoms with Crippen LogP contribution >= 0.6 is 11.3 Å². The van der Waals surface area contributed by atoms with E-state index in [-0.39, 0.29) is 0 Å². The minimum absolute atomic E-state index is 0.995. The summed E-state index contributed by atoms with van der Waals surface area (Å²) in [6, 6.07) is 4.17. The van der Waals surface area contributed by atoms with E-state index in [2.05, 4.69) is 17.5 Å². The first-order valence-corrected chi connectivity index (χ1v) is 5.26. The Bertz CT molecular complexity index is 316. The molecule has 0 spiro atoms. The van der Waals surface area contributed by atoms with Crippen LogP contribution in [0.5, 0.6) is 5.06 Å². The van der Waals surface area contributed by atoms with Crippen LogP contribution < -0.4 is 10.1 Å². The molecule has 1 aliphatic rings. The second kappa shape index (κ2) is 3.94. The van der Waals surface area contributed by atoms with E-state index in [9.17, 15) is 0 Å². The lowest BCUT2D eigenvalue weighted by Crippen LogP contribution is -2.19. The topological polar surface area (TPSA) is 21.3 Å². The van der Waals surface area contributed by atoms with Crippen LogP contribution in [0, 0.1) is 0 Å². The Balaban J connectivity index is 2.19. The van der Waals surface area contributed by atoms with Crippen LogP contribution in [0.3, 0.4) is 0 Å². The highest BCUT2D eigenvalue weighted by molar-refractivity contribution is 7.14. The molecule has 70 valence electrons. The molecule has 0 bridgehead atoms. The molecule has 2 nitrogen and oxygen atoms in total. The second-order valence-corrected chi connectivity index (χ2v) is 4.05. The van der Waals surface area contributed by atoms with Crippen molar-refractivity contribution >= 4 is 16.9 Å². The maximum Gasteiger partial charge on any atom is 0.173 e. The molecule has 0 aliphatic carbocycles. The molecule has 13 heavy (non-hydrogen) atoms. The molecule has 3 heteroatoms. The largest absolute Gasteiger partial charge is 0.487 e. The van der Waals surface area contributed by atoms with Crippen molar-refractivity contribution in [2.75, 3.05) is 20.2 Å². The molecule has 0 fully saturated rings. The van der Waals surface area contributed by atoms with E-state index in [1.54, 1.807) is 18.4 Å². The van der Waals surface area contributed by atoms with Gasteiger partial charge >= 0.3 is 0 Å². The number of nitrogens with one attached hydrogen (secondary N) is 1. The van der Waals surface area contributed by atoms with E-state index < -0.39 is 0 Å². The highest BCUT2D eigenvalue weighted by Gasteiger charge is 2.08. The van der Waals surface area contributed by atoms with Crippen LogP contribution in [-0.4, -0.2) is 20.2 Å². The first kappa shape index (κ1) is 8.78. The lowest BCUT2D eigenvalue weighted by Gasteiger charge is -2.11. The molecule has 0 radical (unpaired) electrons. The van der Waals surface area contributed by atoms with Gasteiger partial charge in [0.25, 0.3) is 0 Å². The van der Waals surface area contributed by atoms with Crippen molar-refractivity contribution in [2.45, 2.75) is 6.42 Å². The predicted molar refractivity (Wildman–Crippen MR) is 56.3 cm³/mol. The quantitative estimate of drug-likeness (QED) is 0.780. The summed E-state index contributed by atoms with van der Waals surface area (Å²) < 4.78 is 5.16. The molecular weight excluding hydrogens is 182 g/mol. The van der Waals surface area contributed by atoms with Crippen LogP contribution in [0.2, 0.25) is 0 Å². The zero-order valence-corrected chi connectivity index (χ0v) is 8.49. The van der Waals surface area contributed by atoms with Crippen LogP contribution in [0.15, 0.2) is 18.2 Å². The predicted octanol–water partition coefficient (Wildman–Crippen LogP) is 2.13. The number of thiophene rings is 1. The molecule has 0 amide bonds. The molecule has 1 aromatic heterocycles. The molecule has 2 rings (SSSR count). The van der Waals surface area contributed by atoms with Crippen LogP contribution in [0.1, 0.15) is 11.3 Å². The third-order valence-electron chi connectivity index (χ3n) is 2.16. The van der Waals surface area contributed by atoms with Crippen molar-refractivity contribution in [3.05, 3.63) is 23.1 Å². The molecule has 2 heterocycles. The van der Waals surface area contributed by atoms with E-state index in [1.165, 1.54) is 10.5 Å². The van der Waals surface area contributed by atoms with E-state index in [1.807, 2.05) is 6.07 Å². The summed E-state index contributed by atoms with van der Waals surface area (Å²) in [5, 5.41) is 4.30. The number of hydrogen-bond donors (Lipinski definition) is 1. The lowest BCUT2D eigenvalue weighted by molar-refractivity contribution is 0.427. The monoisotopic (exact) mass is 195 g/mol. The van der Waals surface area contributed by atoms with E-state index in [0.717, 1.165) is 24.6 Å². The van der Waals surface area contributed by atoms with Gasteiger partial charge in [0.2, 0.25) is 0 Å². The van der Waals surface area contributed by atoms with Gasteiger partial charge in [-0.05, 0) is 30.7 Å². The fraction of sp³-hybridized carbons (Fsp3) is 0.400. The van der Waals surface area contributed by atoms with Crippen molar-refractivity contribution in [1.82, 2.24) is 5.32 Å². The van der Waals surface area contributed by atoms with Gasteiger partial charge in [0, 0.05) is 11.4 Å². The Hall–Kier alpha value is -0.800. The van der Waals surface area contributed by atoms with Crippen LogP contribution in [-0.2, 0) is 0 Å². The minimum atomic E-state index is 0.995. The van der Waals surface area contributed by atoms with Crippen molar-refractivity contribution < 1.29 is 4.74 Å². The Morgan fingerprint density at radius 2 is 2.38 bits per heavy atom. The summed E-state index contributed by atoms with van der Waals surface area (Å²) in [5.41, 5.74) is 1.45. The average molecular weight is 195 g/mol. The summed E-state index contributed by atoms with van der Waals surface area (Å²) in [7, 11) is 1.71. The van der Waals surface area contributed by atoms with Crippen LogP contribution in [0.25, 0.3) is 5.57 Å². The molecule has 0 saturated carbocycles. The Kier molecular flexibility index (Phi) is 2.66. The highest BCUT2D eigenvalue weighted by Crippen LogP contribution is 2.31. The Morgan fingerprint density at radius 1 is 1.46 bits per heavy atom. The second-order valence-electron chi connectivity index (χ2n) is 3.01.